The van der Waals surface area contributed by atoms with Crippen molar-refractivity contribution in [2.75, 3.05) is 0 Å². The van der Waals surface area contributed by atoms with Crippen molar-refractivity contribution in [2.45, 2.75) is 31.7 Å². The summed E-state index contributed by atoms with van der Waals surface area (Å²) in [7, 11) is -1.84. The molecule has 1 unspecified atom stereocenters. The lowest BCUT2D eigenvalue weighted by atomic mass is 9.94. The second-order valence-electron chi connectivity index (χ2n) is 10.7. The fraction of sp³-hybridized carbons (Fsp3) is 0.132. The second kappa shape index (κ2) is 14.5. The Bertz CT molecular complexity index is 1450. The highest BCUT2D eigenvalue weighted by molar-refractivity contribution is 7.89. The van der Waals surface area contributed by atoms with E-state index in [4.69, 9.17) is 0 Å². The summed E-state index contributed by atoms with van der Waals surface area (Å²) in [5.41, 5.74) is 8.67. The first-order valence-corrected chi connectivity index (χ1v) is 17.4. The highest BCUT2D eigenvalue weighted by atomic mass is 31.2. The van der Waals surface area contributed by atoms with Crippen LogP contribution >= 0.6 is 15.8 Å². The van der Waals surface area contributed by atoms with E-state index >= 15 is 0 Å². The predicted molar refractivity (Wildman–Crippen MR) is 186 cm³/mol. The van der Waals surface area contributed by atoms with Gasteiger partial charge < -0.3 is 5.43 Å². The Balaban J connectivity index is 1.84. The Labute approximate surface area is 258 Å². The van der Waals surface area contributed by atoms with Crippen LogP contribution in [0, 0.1) is 0 Å². The van der Waals surface area contributed by atoms with Gasteiger partial charge in [0, 0.05) is 17.2 Å². The van der Waals surface area contributed by atoms with Crippen LogP contribution in [0.15, 0.2) is 163 Å². The van der Waals surface area contributed by atoms with Crippen LogP contribution < -0.4 is 32.1 Å². The maximum atomic E-state index is 12.0. The summed E-state index contributed by atoms with van der Waals surface area (Å²) in [5.74, 6) is 0.0106. The topological polar surface area (TPSA) is 41.1 Å². The Morgan fingerprint density at radius 1 is 0.581 bits per heavy atom. The Kier molecular flexibility index (Phi) is 10.3. The Morgan fingerprint density at radius 3 is 1.23 bits per heavy atom. The molecule has 5 aromatic rings. The van der Waals surface area contributed by atoms with E-state index < -0.39 is 21.4 Å². The molecular formula is C38H38N2OP2. The van der Waals surface area contributed by atoms with Gasteiger partial charge in [-0.3, -0.25) is 4.79 Å². The van der Waals surface area contributed by atoms with Gasteiger partial charge in [0.25, 0.3) is 0 Å². The smallest absolute Gasteiger partial charge is 0.154 e. The van der Waals surface area contributed by atoms with Gasteiger partial charge in [0.1, 0.15) is 0 Å². The SMILES string of the molecule is CC(=O)/C=C(\C)NNC(C)(c1ccccc1)C(P(c1ccccc1)c1ccccc1)P(c1ccccc1)c1ccccc1. The second-order valence-corrected chi connectivity index (χ2v) is 15.7. The molecule has 5 rings (SSSR count). The van der Waals surface area contributed by atoms with Crippen LogP contribution in [0.3, 0.4) is 0 Å². The first-order valence-electron chi connectivity index (χ1n) is 14.5. The molecule has 0 saturated carbocycles. The van der Waals surface area contributed by atoms with Crippen molar-refractivity contribution in [1.29, 1.82) is 0 Å². The zero-order valence-corrected chi connectivity index (χ0v) is 26.7. The first-order chi connectivity index (χ1) is 21.0. The van der Waals surface area contributed by atoms with Crippen LogP contribution in [-0.2, 0) is 10.3 Å². The molecule has 0 spiro atoms. The minimum absolute atomic E-state index is 0.0106. The zero-order valence-electron chi connectivity index (χ0n) is 24.9. The molecule has 43 heavy (non-hydrogen) atoms. The number of hydrazine groups is 1. The van der Waals surface area contributed by atoms with Crippen LogP contribution in [0.1, 0.15) is 26.3 Å². The van der Waals surface area contributed by atoms with Crippen molar-refractivity contribution in [2.24, 2.45) is 0 Å². The van der Waals surface area contributed by atoms with Gasteiger partial charge in [0.05, 0.1) is 5.54 Å². The largest absolute Gasteiger partial charge is 0.325 e. The summed E-state index contributed by atoms with van der Waals surface area (Å²) in [6.45, 7) is 5.84. The lowest BCUT2D eigenvalue weighted by Gasteiger charge is -2.48. The molecule has 3 nitrogen and oxygen atoms in total. The fourth-order valence-electron chi connectivity index (χ4n) is 5.49. The van der Waals surface area contributed by atoms with E-state index in [9.17, 15) is 4.79 Å². The van der Waals surface area contributed by atoms with E-state index in [-0.39, 0.29) is 11.2 Å². The summed E-state index contributed by atoms with van der Waals surface area (Å²) >= 11 is 0. The average Bonchev–Trinajstić information content (AvgIpc) is 3.05. The van der Waals surface area contributed by atoms with Crippen LogP contribution in [0.4, 0.5) is 0 Å². The molecule has 0 radical (unpaired) electrons. The van der Waals surface area contributed by atoms with E-state index in [1.807, 2.05) is 6.92 Å². The summed E-state index contributed by atoms with van der Waals surface area (Å²) in [6, 6.07) is 54.7. The number of benzene rings is 5. The van der Waals surface area contributed by atoms with Crippen LogP contribution in [0.5, 0.6) is 0 Å². The standard InChI is InChI=1S/C38H38N2OP2/c1-30(29-31(2)41)39-40-38(3,32-19-9-4-10-20-32)37(42(33-21-11-5-12-22-33)34-23-13-6-14-24-34)43(35-25-15-7-16-26-35)36-27-17-8-18-28-36/h4-29,37,39-40H,1-3H3/b30-29+. The molecule has 0 heterocycles. The lowest BCUT2D eigenvalue weighted by Crippen LogP contribution is -2.55. The van der Waals surface area contributed by atoms with Crippen molar-refractivity contribution < 1.29 is 4.79 Å². The van der Waals surface area contributed by atoms with Crippen LogP contribution in [0.25, 0.3) is 0 Å². The number of hydrogen-bond acceptors (Lipinski definition) is 3. The normalized spacial score (nSPS) is 13.2. The number of nitrogens with one attached hydrogen (secondary N) is 2. The summed E-state index contributed by atoms with van der Waals surface area (Å²) in [5, 5.41) is 5.40. The molecular weight excluding hydrogens is 562 g/mol. The van der Waals surface area contributed by atoms with Gasteiger partial charge in [0.15, 0.2) is 5.78 Å². The van der Waals surface area contributed by atoms with Crippen LogP contribution in [-0.4, -0.2) is 11.2 Å². The third-order valence-electron chi connectivity index (χ3n) is 7.46. The number of ketones is 1. The lowest BCUT2D eigenvalue weighted by molar-refractivity contribution is -0.112. The minimum atomic E-state index is -0.920. The van der Waals surface area contributed by atoms with Gasteiger partial charge in [-0.15, -0.1) is 0 Å². The number of rotatable bonds is 12. The fourth-order valence-corrected chi connectivity index (χ4v) is 13.2. The van der Waals surface area contributed by atoms with Crippen molar-refractivity contribution in [3.8, 4) is 0 Å². The molecule has 0 aliphatic carbocycles. The van der Waals surface area contributed by atoms with Gasteiger partial charge in [-0.1, -0.05) is 152 Å². The van der Waals surface area contributed by atoms with Gasteiger partial charge >= 0.3 is 0 Å². The van der Waals surface area contributed by atoms with E-state index in [2.05, 4.69) is 169 Å². The van der Waals surface area contributed by atoms with E-state index in [0.29, 0.717) is 0 Å². The van der Waals surface area contributed by atoms with Gasteiger partial charge in [0.2, 0.25) is 0 Å². The van der Waals surface area contributed by atoms with Crippen molar-refractivity contribution in [1.82, 2.24) is 10.9 Å². The molecule has 0 amide bonds. The highest BCUT2D eigenvalue weighted by Crippen LogP contribution is 2.62. The predicted octanol–water partition coefficient (Wildman–Crippen LogP) is 7.08. The molecule has 2 N–H and O–H groups in total. The Morgan fingerprint density at radius 2 is 0.907 bits per heavy atom. The number of carbonyl (C=O) groups is 1. The van der Waals surface area contributed by atoms with Gasteiger partial charge in [-0.25, -0.2) is 5.43 Å². The van der Waals surface area contributed by atoms with Gasteiger partial charge in [-0.05, 0) is 63.4 Å². The molecule has 0 bridgehead atoms. The third kappa shape index (κ3) is 7.38. The zero-order chi connectivity index (χ0) is 30.1. The maximum Gasteiger partial charge on any atom is 0.154 e. The molecule has 0 aromatic heterocycles. The molecule has 0 aliphatic rings. The number of hydrogen-bond donors (Lipinski definition) is 2. The molecule has 0 aliphatic heterocycles. The molecule has 0 fully saturated rings. The number of allylic oxidation sites excluding steroid dienone is 2. The maximum absolute atomic E-state index is 12.0. The van der Waals surface area contributed by atoms with E-state index in [0.717, 1.165) is 5.70 Å². The average molecular weight is 601 g/mol. The van der Waals surface area contributed by atoms with E-state index in [1.54, 1.807) is 13.0 Å². The van der Waals surface area contributed by atoms with Crippen molar-refractivity contribution in [3.05, 3.63) is 169 Å². The molecule has 1 atom stereocenters. The summed E-state index contributed by atoms with van der Waals surface area (Å²) in [4.78, 5) is 12.0. The van der Waals surface area contributed by atoms with Crippen LogP contribution in [0.2, 0.25) is 0 Å². The molecule has 5 aromatic carbocycles. The third-order valence-corrected chi connectivity index (χ3v) is 14.3. The number of carbonyl (C=O) groups excluding carboxylic acids is 1. The van der Waals surface area contributed by atoms with Crippen molar-refractivity contribution in [3.63, 3.8) is 0 Å². The molecule has 216 valence electrons. The Hall–Kier alpha value is -3.87. The van der Waals surface area contributed by atoms with E-state index in [1.165, 1.54) is 26.8 Å². The highest BCUT2D eigenvalue weighted by Gasteiger charge is 2.47. The quantitative estimate of drug-likeness (QED) is 0.0914. The summed E-state index contributed by atoms with van der Waals surface area (Å²) < 4.78 is 0. The summed E-state index contributed by atoms with van der Waals surface area (Å²) in [6.07, 6.45) is 1.64. The minimum Gasteiger partial charge on any atom is -0.325 e. The first kappa shape index (κ1) is 30.6. The van der Waals surface area contributed by atoms with Crippen molar-refractivity contribution >= 4 is 42.8 Å². The molecule has 0 saturated heterocycles. The van der Waals surface area contributed by atoms with Gasteiger partial charge in [-0.2, -0.15) is 0 Å². The monoisotopic (exact) mass is 600 g/mol. The molecule has 5 heteroatoms.